The highest BCUT2D eigenvalue weighted by Gasteiger charge is 1.88. The van der Waals surface area contributed by atoms with Crippen LogP contribution in [0.2, 0.25) is 0 Å². The minimum absolute atomic E-state index is 0.425. The van der Waals surface area contributed by atoms with E-state index in [9.17, 15) is 0 Å². The maximum atomic E-state index is 8.53. The van der Waals surface area contributed by atoms with Crippen LogP contribution >= 0.6 is 0 Å². The van der Waals surface area contributed by atoms with Crippen molar-refractivity contribution in [2.24, 2.45) is 10.7 Å². The van der Waals surface area contributed by atoms with Crippen LogP contribution in [0, 0.1) is 11.3 Å². The number of allylic oxidation sites excluding steroid dienone is 3. The summed E-state index contributed by atoms with van der Waals surface area (Å²) in [5, 5.41) is 8.53. The third kappa shape index (κ3) is 4.42. The Kier molecular flexibility index (Phi) is 5.58. The van der Waals surface area contributed by atoms with Crippen molar-refractivity contribution in [1.29, 1.82) is 5.26 Å². The fourth-order valence-corrected chi connectivity index (χ4v) is 0.665. The Bertz CT molecular complexity index is 253. The van der Waals surface area contributed by atoms with Crippen LogP contribution in [0.5, 0.6) is 0 Å². The van der Waals surface area contributed by atoms with Crippen molar-refractivity contribution < 1.29 is 0 Å². The third-order valence-corrected chi connectivity index (χ3v) is 1.24. The lowest BCUT2D eigenvalue weighted by Crippen LogP contribution is -1.93. The van der Waals surface area contributed by atoms with Crippen molar-refractivity contribution in [2.45, 2.75) is 6.92 Å². The molecule has 0 aliphatic heterocycles. The van der Waals surface area contributed by atoms with Gasteiger partial charge in [-0.25, -0.2) is 0 Å². The molecule has 3 nitrogen and oxygen atoms in total. The zero-order valence-electron chi connectivity index (χ0n) is 7.41. The van der Waals surface area contributed by atoms with E-state index in [2.05, 4.69) is 4.99 Å². The molecule has 3 heteroatoms. The summed E-state index contributed by atoms with van der Waals surface area (Å²) in [6.07, 6.45) is 5.41. The van der Waals surface area contributed by atoms with Crippen molar-refractivity contribution in [3.05, 3.63) is 23.8 Å². The van der Waals surface area contributed by atoms with Crippen LogP contribution in [0.4, 0.5) is 0 Å². The molecular formula is C9H13N3. The van der Waals surface area contributed by atoms with E-state index in [1.807, 2.05) is 25.1 Å². The molecule has 0 bridgehead atoms. The number of hydrogen-bond donors (Lipinski definition) is 1. The van der Waals surface area contributed by atoms with E-state index < -0.39 is 0 Å². The van der Waals surface area contributed by atoms with Crippen LogP contribution in [0.15, 0.2) is 28.8 Å². The molecular weight excluding hydrogens is 150 g/mol. The number of rotatable bonds is 3. The molecule has 0 aromatic rings. The molecule has 0 spiro atoms. The van der Waals surface area contributed by atoms with Crippen LogP contribution in [0.1, 0.15) is 6.92 Å². The van der Waals surface area contributed by atoms with Crippen LogP contribution < -0.4 is 5.73 Å². The number of nitrogens with zero attached hydrogens (tertiary/aromatic N) is 2. The van der Waals surface area contributed by atoms with Gasteiger partial charge in [0.15, 0.2) is 0 Å². The molecule has 0 aromatic heterocycles. The van der Waals surface area contributed by atoms with Crippen molar-refractivity contribution in [3.63, 3.8) is 0 Å². The van der Waals surface area contributed by atoms with Crippen LogP contribution in [-0.4, -0.2) is 19.3 Å². The van der Waals surface area contributed by atoms with Crippen LogP contribution in [-0.2, 0) is 0 Å². The highest BCUT2D eigenvalue weighted by Crippen LogP contribution is 1.95. The van der Waals surface area contributed by atoms with Gasteiger partial charge >= 0.3 is 0 Å². The summed E-state index contributed by atoms with van der Waals surface area (Å²) in [6.45, 7) is 2.41. The van der Waals surface area contributed by atoms with Crippen molar-refractivity contribution in [2.75, 3.05) is 13.6 Å². The quantitative estimate of drug-likeness (QED) is 0.499. The largest absolute Gasteiger partial charge is 0.327 e. The van der Waals surface area contributed by atoms with Gasteiger partial charge in [-0.3, -0.25) is 4.99 Å². The van der Waals surface area contributed by atoms with E-state index in [0.717, 1.165) is 5.57 Å². The molecule has 64 valence electrons. The van der Waals surface area contributed by atoms with Crippen LogP contribution in [0.3, 0.4) is 0 Å². The Balaban J connectivity index is 4.37. The topological polar surface area (TPSA) is 62.2 Å². The van der Waals surface area contributed by atoms with E-state index in [0.29, 0.717) is 12.3 Å². The molecule has 12 heavy (non-hydrogen) atoms. The summed E-state index contributed by atoms with van der Waals surface area (Å²) in [4.78, 5) is 3.77. The standard InChI is InChI=1S/C9H13N3/c1-8(4-3-5-10)6-9(7-11)12-2/h3-4,6H,5,10H2,1-2H3/b4-3+,8-6-,12-9+. The first-order chi connectivity index (χ1) is 5.74. The third-order valence-electron chi connectivity index (χ3n) is 1.24. The van der Waals surface area contributed by atoms with E-state index in [-0.39, 0.29) is 0 Å². The Morgan fingerprint density at radius 3 is 2.75 bits per heavy atom. The lowest BCUT2D eigenvalue weighted by atomic mass is 10.2. The maximum Gasteiger partial charge on any atom is 0.135 e. The highest BCUT2D eigenvalue weighted by molar-refractivity contribution is 6.07. The Hall–Kier alpha value is -1.40. The molecule has 0 rings (SSSR count). The first kappa shape index (κ1) is 10.6. The zero-order chi connectivity index (χ0) is 9.40. The molecule has 0 unspecified atom stereocenters. The molecule has 0 saturated heterocycles. The van der Waals surface area contributed by atoms with Gasteiger partial charge in [0.25, 0.3) is 0 Å². The fraction of sp³-hybridized carbons (Fsp3) is 0.333. The smallest absolute Gasteiger partial charge is 0.135 e. The lowest BCUT2D eigenvalue weighted by molar-refractivity contribution is 1.25. The Morgan fingerprint density at radius 2 is 2.33 bits per heavy atom. The molecule has 0 aromatic carbocycles. The van der Waals surface area contributed by atoms with Gasteiger partial charge in [-0.15, -0.1) is 0 Å². The fourth-order valence-electron chi connectivity index (χ4n) is 0.665. The number of nitriles is 1. The zero-order valence-corrected chi connectivity index (χ0v) is 7.41. The minimum atomic E-state index is 0.425. The van der Waals surface area contributed by atoms with E-state index in [1.54, 1.807) is 13.1 Å². The summed E-state index contributed by atoms with van der Waals surface area (Å²) < 4.78 is 0. The first-order valence-electron chi connectivity index (χ1n) is 3.66. The second kappa shape index (κ2) is 6.32. The second-order valence-corrected chi connectivity index (χ2v) is 2.25. The van der Waals surface area contributed by atoms with Crippen molar-refractivity contribution in [1.82, 2.24) is 0 Å². The summed E-state index contributed by atoms with van der Waals surface area (Å²) in [5.74, 6) is 0. The minimum Gasteiger partial charge on any atom is -0.327 e. The lowest BCUT2D eigenvalue weighted by Gasteiger charge is -1.89. The SMILES string of the molecule is C\N=C(C#N)/C=C(C)\C=C\CN. The summed E-state index contributed by atoms with van der Waals surface area (Å²) in [7, 11) is 1.59. The summed E-state index contributed by atoms with van der Waals surface area (Å²) in [6, 6.07) is 1.97. The van der Waals surface area contributed by atoms with Gasteiger partial charge in [0.05, 0.1) is 0 Å². The van der Waals surface area contributed by atoms with Gasteiger partial charge in [0.1, 0.15) is 11.8 Å². The molecule has 2 N–H and O–H groups in total. The van der Waals surface area contributed by atoms with Gasteiger partial charge < -0.3 is 5.73 Å². The van der Waals surface area contributed by atoms with Gasteiger partial charge in [-0.1, -0.05) is 12.2 Å². The van der Waals surface area contributed by atoms with Crippen LogP contribution in [0.25, 0.3) is 0 Å². The Morgan fingerprint density at radius 1 is 1.67 bits per heavy atom. The van der Waals surface area contributed by atoms with Gasteiger partial charge in [0.2, 0.25) is 0 Å². The average Bonchev–Trinajstić information content (AvgIpc) is 2.10. The first-order valence-corrected chi connectivity index (χ1v) is 3.66. The second-order valence-electron chi connectivity index (χ2n) is 2.25. The molecule has 0 heterocycles. The van der Waals surface area contributed by atoms with Crippen molar-refractivity contribution >= 4 is 5.71 Å². The van der Waals surface area contributed by atoms with Crippen molar-refractivity contribution in [3.8, 4) is 6.07 Å². The monoisotopic (exact) mass is 163 g/mol. The van der Waals surface area contributed by atoms with Gasteiger partial charge in [-0.2, -0.15) is 5.26 Å². The molecule has 0 aliphatic carbocycles. The number of hydrogen-bond acceptors (Lipinski definition) is 3. The van der Waals surface area contributed by atoms with E-state index >= 15 is 0 Å². The average molecular weight is 163 g/mol. The molecule has 0 aliphatic rings. The summed E-state index contributed by atoms with van der Waals surface area (Å²) >= 11 is 0. The predicted molar refractivity (Wildman–Crippen MR) is 50.9 cm³/mol. The molecule has 0 saturated carbocycles. The number of nitrogens with two attached hydrogens (primary N) is 1. The summed E-state index contributed by atoms with van der Waals surface area (Å²) in [5.41, 5.74) is 6.66. The normalized spacial score (nSPS) is 13.5. The molecule has 0 radical (unpaired) electrons. The number of aliphatic imine (C=N–C) groups is 1. The Labute approximate surface area is 72.9 Å². The highest BCUT2D eigenvalue weighted by atomic mass is 14.7. The maximum absolute atomic E-state index is 8.53. The molecule has 0 atom stereocenters. The van der Waals surface area contributed by atoms with E-state index in [4.69, 9.17) is 11.0 Å². The predicted octanol–water partition coefficient (Wildman–Crippen LogP) is 1.04. The van der Waals surface area contributed by atoms with Gasteiger partial charge in [0, 0.05) is 13.6 Å². The van der Waals surface area contributed by atoms with E-state index in [1.165, 1.54) is 0 Å². The molecule has 0 fully saturated rings. The van der Waals surface area contributed by atoms with Gasteiger partial charge in [-0.05, 0) is 18.6 Å². The molecule has 0 amide bonds.